The predicted molar refractivity (Wildman–Crippen MR) is 79.3 cm³/mol. The largest absolute Gasteiger partial charge is 0.313 e. The van der Waals surface area contributed by atoms with Gasteiger partial charge in [0.25, 0.3) is 0 Å². The first-order chi connectivity index (χ1) is 8.66. The highest BCUT2D eigenvalue weighted by atomic mass is 35.5. The van der Waals surface area contributed by atoms with E-state index in [1.807, 2.05) is 12.1 Å². The molecule has 0 heterocycles. The summed E-state index contributed by atoms with van der Waals surface area (Å²) < 4.78 is 0. The van der Waals surface area contributed by atoms with Crippen LogP contribution in [-0.2, 0) is 0 Å². The molecule has 1 unspecified atom stereocenters. The lowest BCUT2D eigenvalue weighted by Gasteiger charge is -2.20. The van der Waals surface area contributed by atoms with Crippen LogP contribution < -0.4 is 5.32 Å². The van der Waals surface area contributed by atoms with E-state index in [0.717, 1.165) is 23.5 Å². The van der Waals surface area contributed by atoms with E-state index in [0.29, 0.717) is 5.92 Å². The lowest BCUT2D eigenvalue weighted by molar-refractivity contribution is 0.475. The zero-order valence-corrected chi connectivity index (χ0v) is 12.2. The lowest BCUT2D eigenvalue weighted by atomic mass is 9.91. The van der Waals surface area contributed by atoms with Crippen LogP contribution in [0.1, 0.15) is 51.0 Å². The maximum absolute atomic E-state index is 6.34. The van der Waals surface area contributed by atoms with Crippen LogP contribution in [0.25, 0.3) is 0 Å². The fourth-order valence-corrected chi connectivity index (χ4v) is 2.59. The van der Waals surface area contributed by atoms with Crippen molar-refractivity contribution in [3.63, 3.8) is 0 Å². The summed E-state index contributed by atoms with van der Waals surface area (Å²) in [5, 5.41) is 4.57. The number of nitrogens with one attached hydrogen (secondary N) is 1. The predicted octanol–water partition coefficient (Wildman–Crippen LogP) is 4.61. The van der Waals surface area contributed by atoms with E-state index in [-0.39, 0.29) is 0 Å². The van der Waals surface area contributed by atoms with Crippen LogP contribution in [0.4, 0.5) is 0 Å². The molecule has 0 bridgehead atoms. The normalized spacial score (nSPS) is 17.1. The van der Waals surface area contributed by atoms with Gasteiger partial charge in [-0.15, -0.1) is 0 Å². The standard InChI is InChI=1S/C16H24ClN/c1-12(2)7-8-13(11-18-14-9-10-14)15-5-3-4-6-16(15)17/h3-6,12-14,18H,7-11H2,1-2H3. The summed E-state index contributed by atoms with van der Waals surface area (Å²) in [7, 11) is 0. The molecule has 1 fully saturated rings. The fraction of sp³-hybridized carbons (Fsp3) is 0.625. The Morgan fingerprint density at radius 1 is 1.22 bits per heavy atom. The zero-order chi connectivity index (χ0) is 13.0. The Bertz CT molecular complexity index is 365. The Morgan fingerprint density at radius 2 is 1.94 bits per heavy atom. The van der Waals surface area contributed by atoms with Gasteiger partial charge in [-0.05, 0) is 42.7 Å². The van der Waals surface area contributed by atoms with Gasteiger partial charge in [0.1, 0.15) is 0 Å². The van der Waals surface area contributed by atoms with Gasteiger partial charge in [0.2, 0.25) is 0 Å². The molecule has 2 rings (SSSR count). The molecule has 100 valence electrons. The maximum atomic E-state index is 6.34. The van der Waals surface area contributed by atoms with Gasteiger partial charge in [0.05, 0.1) is 0 Å². The molecule has 0 spiro atoms. The van der Waals surface area contributed by atoms with E-state index in [2.05, 4.69) is 31.3 Å². The average Bonchev–Trinajstić information content (AvgIpc) is 3.14. The van der Waals surface area contributed by atoms with Gasteiger partial charge in [0, 0.05) is 17.6 Å². The molecule has 0 aliphatic heterocycles. The maximum Gasteiger partial charge on any atom is 0.0441 e. The smallest absolute Gasteiger partial charge is 0.0441 e. The van der Waals surface area contributed by atoms with E-state index >= 15 is 0 Å². The van der Waals surface area contributed by atoms with Crippen LogP contribution >= 0.6 is 11.6 Å². The summed E-state index contributed by atoms with van der Waals surface area (Å²) in [6.07, 6.45) is 5.18. The third-order valence-corrected chi connectivity index (χ3v) is 4.01. The van der Waals surface area contributed by atoms with Gasteiger partial charge in [-0.25, -0.2) is 0 Å². The number of rotatable bonds is 7. The van der Waals surface area contributed by atoms with E-state index < -0.39 is 0 Å². The van der Waals surface area contributed by atoms with Gasteiger partial charge in [0.15, 0.2) is 0 Å². The monoisotopic (exact) mass is 265 g/mol. The van der Waals surface area contributed by atoms with Crippen molar-refractivity contribution < 1.29 is 0 Å². The van der Waals surface area contributed by atoms with Crippen LogP contribution in [-0.4, -0.2) is 12.6 Å². The van der Waals surface area contributed by atoms with Crippen LogP contribution in [0.5, 0.6) is 0 Å². The third-order valence-electron chi connectivity index (χ3n) is 3.67. The van der Waals surface area contributed by atoms with E-state index in [4.69, 9.17) is 11.6 Å². The molecule has 0 aromatic heterocycles. The van der Waals surface area contributed by atoms with Crippen LogP contribution in [0, 0.1) is 5.92 Å². The zero-order valence-electron chi connectivity index (χ0n) is 11.5. The van der Waals surface area contributed by atoms with Crippen molar-refractivity contribution in [1.82, 2.24) is 5.32 Å². The van der Waals surface area contributed by atoms with Crippen LogP contribution in [0.3, 0.4) is 0 Å². The van der Waals surface area contributed by atoms with E-state index in [9.17, 15) is 0 Å². The molecule has 18 heavy (non-hydrogen) atoms. The molecule has 1 aliphatic carbocycles. The molecule has 0 radical (unpaired) electrons. The molecule has 0 saturated heterocycles. The molecule has 2 heteroatoms. The fourth-order valence-electron chi connectivity index (χ4n) is 2.30. The second-order valence-corrected chi connectivity index (χ2v) is 6.28. The second kappa shape index (κ2) is 6.58. The molecule has 0 amide bonds. The van der Waals surface area contributed by atoms with E-state index in [1.165, 1.54) is 31.2 Å². The summed E-state index contributed by atoms with van der Waals surface area (Å²) in [6.45, 7) is 5.65. The first-order valence-corrected chi connectivity index (χ1v) is 7.52. The highest BCUT2D eigenvalue weighted by Crippen LogP contribution is 2.30. The summed E-state index contributed by atoms with van der Waals surface area (Å²) >= 11 is 6.34. The Morgan fingerprint density at radius 3 is 2.56 bits per heavy atom. The Kier molecular flexibility index (Phi) is 5.08. The Labute approximate surface area is 116 Å². The number of hydrogen-bond acceptors (Lipinski definition) is 1. The van der Waals surface area contributed by atoms with E-state index in [1.54, 1.807) is 0 Å². The van der Waals surface area contributed by atoms with Gasteiger partial charge < -0.3 is 5.32 Å². The van der Waals surface area contributed by atoms with Gasteiger partial charge in [-0.3, -0.25) is 0 Å². The topological polar surface area (TPSA) is 12.0 Å². The lowest BCUT2D eigenvalue weighted by Crippen LogP contribution is -2.24. The molecule has 1 nitrogen and oxygen atoms in total. The van der Waals surface area contributed by atoms with Crippen molar-refractivity contribution in [3.05, 3.63) is 34.9 Å². The molecule has 1 aromatic carbocycles. The minimum Gasteiger partial charge on any atom is -0.313 e. The first-order valence-electron chi connectivity index (χ1n) is 7.14. The van der Waals surface area contributed by atoms with Crippen LogP contribution in [0.2, 0.25) is 5.02 Å². The minimum atomic E-state index is 0.557. The van der Waals surface area contributed by atoms with Crippen molar-refractivity contribution in [2.24, 2.45) is 5.92 Å². The molecule has 1 aromatic rings. The summed E-state index contributed by atoms with van der Waals surface area (Å²) in [5.74, 6) is 1.32. The summed E-state index contributed by atoms with van der Waals surface area (Å²) in [4.78, 5) is 0. The highest BCUT2D eigenvalue weighted by molar-refractivity contribution is 6.31. The third kappa shape index (κ3) is 4.29. The van der Waals surface area contributed by atoms with Crippen molar-refractivity contribution in [2.75, 3.05) is 6.54 Å². The van der Waals surface area contributed by atoms with Gasteiger partial charge >= 0.3 is 0 Å². The van der Waals surface area contributed by atoms with Gasteiger partial charge in [-0.1, -0.05) is 50.1 Å². The molecule has 1 saturated carbocycles. The Balaban J connectivity index is 1.99. The van der Waals surface area contributed by atoms with Gasteiger partial charge in [-0.2, -0.15) is 0 Å². The summed E-state index contributed by atoms with van der Waals surface area (Å²) in [5.41, 5.74) is 1.31. The van der Waals surface area contributed by atoms with Crippen molar-refractivity contribution >= 4 is 11.6 Å². The minimum absolute atomic E-state index is 0.557. The second-order valence-electron chi connectivity index (χ2n) is 5.87. The summed E-state index contributed by atoms with van der Waals surface area (Å²) in [6, 6.07) is 9.08. The SMILES string of the molecule is CC(C)CCC(CNC1CC1)c1ccccc1Cl. The average molecular weight is 266 g/mol. The molecule has 1 N–H and O–H groups in total. The molecule has 1 aliphatic rings. The molecule has 1 atom stereocenters. The quantitative estimate of drug-likeness (QED) is 0.759. The first kappa shape index (κ1) is 13.9. The highest BCUT2D eigenvalue weighted by Gasteiger charge is 2.23. The van der Waals surface area contributed by atoms with Crippen molar-refractivity contribution in [3.8, 4) is 0 Å². The number of hydrogen-bond donors (Lipinski definition) is 1. The Hall–Kier alpha value is -0.530. The number of benzene rings is 1. The van der Waals surface area contributed by atoms with Crippen molar-refractivity contribution in [1.29, 1.82) is 0 Å². The van der Waals surface area contributed by atoms with Crippen LogP contribution in [0.15, 0.2) is 24.3 Å². The molecular weight excluding hydrogens is 242 g/mol. The molecular formula is C16H24ClN. The number of halogens is 1. The van der Waals surface area contributed by atoms with Crippen molar-refractivity contribution in [2.45, 2.75) is 51.5 Å².